The number of benzene rings is 2. The highest BCUT2D eigenvalue weighted by atomic mass is 16.2. The fraction of sp³-hybridized carbons (Fsp3) is 0.304. The molecule has 1 amide bonds. The van der Waals surface area contributed by atoms with Gasteiger partial charge in [0, 0.05) is 44.0 Å². The third-order valence-corrected chi connectivity index (χ3v) is 5.46. The van der Waals surface area contributed by atoms with Crippen molar-refractivity contribution in [3.63, 3.8) is 0 Å². The molecule has 1 aromatic heterocycles. The lowest BCUT2D eigenvalue weighted by Crippen LogP contribution is -2.38. The standard InChI is InChI=1S/C23H25N3O2/c1-16-9-10-21-18(14-16)22(27)19(15-25(21)2)23(28)24-11-13-26-12-5-7-17-6-3-4-8-20(17)26/h3-4,6,8-10,14-15H,5,7,11-13H2,1-2H3,(H,24,28). The summed E-state index contributed by atoms with van der Waals surface area (Å²) in [6, 6.07) is 14.2. The second-order valence-corrected chi connectivity index (χ2v) is 7.48. The third kappa shape index (κ3) is 3.40. The summed E-state index contributed by atoms with van der Waals surface area (Å²) >= 11 is 0. The Labute approximate surface area is 164 Å². The van der Waals surface area contributed by atoms with Gasteiger partial charge in [0.1, 0.15) is 5.56 Å². The first-order valence-electron chi connectivity index (χ1n) is 9.75. The van der Waals surface area contributed by atoms with Gasteiger partial charge in [0.2, 0.25) is 5.43 Å². The number of hydrogen-bond donors (Lipinski definition) is 1. The summed E-state index contributed by atoms with van der Waals surface area (Å²) < 4.78 is 1.84. The minimum Gasteiger partial charge on any atom is -0.370 e. The molecule has 1 aliphatic heterocycles. The minimum absolute atomic E-state index is 0.194. The van der Waals surface area contributed by atoms with Gasteiger partial charge in [-0.2, -0.15) is 0 Å². The van der Waals surface area contributed by atoms with Crippen molar-refractivity contribution in [1.29, 1.82) is 0 Å². The van der Waals surface area contributed by atoms with E-state index in [1.54, 1.807) is 6.20 Å². The van der Waals surface area contributed by atoms with Gasteiger partial charge in [0.05, 0.1) is 5.52 Å². The molecule has 4 rings (SSSR count). The van der Waals surface area contributed by atoms with Crippen LogP contribution in [0.15, 0.2) is 53.5 Å². The monoisotopic (exact) mass is 375 g/mol. The zero-order valence-corrected chi connectivity index (χ0v) is 16.4. The van der Waals surface area contributed by atoms with Crippen molar-refractivity contribution in [2.24, 2.45) is 7.05 Å². The quantitative estimate of drug-likeness (QED) is 0.763. The van der Waals surface area contributed by atoms with Crippen molar-refractivity contribution in [3.05, 3.63) is 75.6 Å². The number of carbonyl (C=O) groups is 1. The SMILES string of the molecule is Cc1ccc2c(c1)c(=O)c(C(=O)NCCN1CCCc3ccccc31)cn2C. The fourth-order valence-corrected chi connectivity index (χ4v) is 4.01. The van der Waals surface area contributed by atoms with E-state index in [0.717, 1.165) is 37.0 Å². The summed E-state index contributed by atoms with van der Waals surface area (Å²) in [5.74, 6) is -0.311. The van der Waals surface area contributed by atoms with Gasteiger partial charge in [0.25, 0.3) is 5.91 Å². The number of nitrogens with one attached hydrogen (secondary N) is 1. The number of fused-ring (bicyclic) bond motifs is 2. The van der Waals surface area contributed by atoms with E-state index in [1.165, 1.54) is 11.3 Å². The molecular weight excluding hydrogens is 350 g/mol. The lowest BCUT2D eigenvalue weighted by atomic mass is 10.0. The molecule has 5 heteroatoms. The van der Waals surface area contributed by atoms with Crippen LogP contribution in [-0.2, 0) is 13.5 Å². The highest BCUT2D eigenvalue weighted by Gasteiger charge is 2.17. The van der Waals surface area contributed by atoms with E-state index in [9.17, 15) is 9.59 Å². The lowest BCUT2D eigenvalue weighted by molar-refractivity contribution is 0.0953. The average Bonchev–Trinajstić information content (AvgIpc) is 2.70. The molecule has 28 heavy (non-hydrogen) atoms. The largest absolute Gasteiger partial charge is 0.370 e. The summed E-state index contributed by atoms with van der Waals surface area (Å²) in [7, 11) is 1.86. The number of pyridine rings is 1. The molecule has 0 atom stereocenters. The Balaban J connectivity index is 1.49. The van der Waals surface area contributed by atoms with Crippen LogP contribution in [0.5, 0.6) is 0 Å². The van der Waals surface area contributed by atoms with Crippen LogP contribution in [0.4, 0.5) is 5.69 Å². The van der Waals surface area contributed by atoms with Crippen LogP contribution in [0.3, 0.4) is 0 Å². The first-order valence-corrected chi connectivity index (χ1v) is 9.75. The molecule has 1 N–H and O–H groups in total. The van der Waals surface area contributed by atoms with Crippen molar-refractivity contribution < 1.29 is 4.79 Å². The molecule has 2 aromatic carbocycles. The zero-order valence-electron chi connectivity index (χ0n) is 16.4. The van der Waals surface area contributed by atoms with Crippen LogP contribution >= 0.6 is 0 Å². The van der Waals surface area contributed by atoms with Gasteiger partial charge in [-0.05, 0) is 43.5 Å². The number of para-hydroxylation sites is 1. The average molecular weight is 375 g/mol. The Morgan fingerprint density at radius 1 is 1.18 bits per heavy atom. The van der Waals surface area contributed by atoms with Crippen molar-refractivity contribution >= 4 is 22.5 Å². The van der Waals surface area contributed by atoms with Crippen LogP contribution in [0.2, 0.25) is 0 Å². The maximum atomic E-state index is 12.8. The Bertz CT molecular complexity index is 1100. The molecular formula is C23H25N3O2. The second-order valence-electron chi connectivity index (χ2n) is 7.48. The normalized spacial score (nSPS) is 13.4. The van der Waals surface area contributed by atoms with E-state index in [2.05, 4.69) is 34.5 Å². The van der Waals surface area contributed by atoms with Crippen molar-refractivity contribution in [2.75, 3.05) is 24.5 Å². The molecule has 0 fully saturated rings. The summed E-state index contributed by atoms with van der Waals surface area (Å²) in [4.78, 5) is 27.8. The van der Waals surface area contributed by atoms with Gasteiger partial charge in [-0.3, -0.25) is 9.59 Å². The maximum absolute atomic E-state index is 12.8. The predicted octanol–water partition coefficient (Wildman–Crippen LogP) is 3.03. The molecule has 0 spiro atoms. The number of aromatic nitrogens is 1. The van der Waals surface area contributed by atoms with Gasteiger partial charge in [0.15, 0.2) is 0 Å². The number of carbonyl (C=O) groups excluding carboxylic acids is 1. The van der Waals surface area contributed by atoms with E-state index >= 15 is 0 Å². The van der Waals surface area contributed by atoms with Crippen LogP contribution in [-0.4, -0.2) is 30.1 Å². The van der Waals surface area contributed by atoms with Gasteiger partial charge in [-0.15, -0.1) is 0 Å². The second kappa shape index (κ2) is 7.50. The summed E-state index contributed by atoms with van der Waals surface area (Å²) in [5.41, 5.74) is 4.43. The number of aryl methyl sites for hydroxylation is 3. The molecule has 0 saturated carbocycles. The molecule has 2 heterocycles. The Kier molecular flexibility index (Phi) is 4.90. The zero-order chi connectivity index (χ0) is 19.7. The van der Waals surface area contributed by atoms with Gasteiger partial charge in [-0.1, -0.05) is 29.8 Å². The van der Waals surface area contributed by atoms with Crippen LogP contribution < -0.4 is 15.6 Å². The third-order valence-electron chi connectivity index (χ3n) is 5.46. The summed E-state index contributed by atoms with van der Waals surface area (Å²) in [6.07, 6.45) is 3.85. The van der Waals surface area contributed by atoms with Crippen molar-refractivity contribution in [1.82, 2.24) is 9.88 Å². The van der Waals surface area contributed by atoms with Gasteiger partial charge in [-0.25, -0.2) is 0 Å². The van der Waals surface area contributed by atoms with E-state index in [4.69, 9.17) is 0 Å². The van der Waals surface area contributed by atoms with Crippen LogP contribution in [0.1, 0.15) is 27.9 Å². The first kappa shape index (κ1) is 18.3. The topological polar surface area (TPSA) is 54.3 Å². The fourth-order valence-electron chi connectivity index (χ4n) is 4.01. The Morgan fingerprint density at radius 2 is 2.00 bits per heavy atom. The highest BCUT2D eigenvalue weighted by molar-refractivity contribution is 5.97. The predicted molar refractivity (Wildman–Crippen MR) is 113 cm³/mol. The minimum atomic E-state index is -0.311. The molecule has 0 radical (unpaired) electrons. The van der Waals surface area contributed by atoms with Crippen molar-refractivity contribution in [3.8, 4) is 0 Å². The van der Waals surface area contributed by atoms with E-state index < -0.39 is 0 Å². The number of anilines is 1. The van der Waals surface area contributed by atoms with E-state index in [1.807, 2.05) is 36.7 Å². The van der Waals surface area contributed by atoms with Gasteiger partial charge >= 0.3 is 0 Å². The molecule has 144 valence electrons. The van der Waals surface area contributed by atoms with Crippen molar-refractivity contribution in [2.45, 2.75) is 19.8 Å². The number of rotatable bonds is 4. The lowest BCUT2D eigenvalue weighted by Gasteiger charge is -2.31. The molecule has 0 bridgehead atoms. The summed E-state index contributed by atoms with van der Waals surface area (Å²) in [5, 5.41) is 3.51. The number of amides is 1. The first-order chi connectivity index (χ1) is 13.5. The van der Waals surface area contributed by atoms with Crippen LogP contribution in [0.25, 0.3) is 10.9 Å². The van der Waals surface area contributed by atoms with E-state index in [0.29, 0.717) is 11.9 Å². The van der Waals surface area contributed by atoms with Crippen LogP contribution in [0, 0.1) is 6.92 Å². The highest BCUT2D eigenvalue weighted by Crippen LogP contribution is 2.26. The van der Waals surface area contributed by atoms with Gasteiger partial charge < -0.3 is 14.8 Å². The Hall–Kier alpha value is -3.08. The smallest absolute Gasteiger partial charge is 0.256 e. The molecule has 0 saturated heterocycles. The molecule has 3 aromatic rings. The van der Waals surface area contributed by atoms with E-state index in [-0.39, 0.29) is 16.9 Å². The molecule has 1 aliphatic rings. The molecule has 5 nitrogen and oxygen atoms in total. The summed E-state index contributed by atoms with van der Waals surface area (Å²) in [6.45, 7) is 4.17. The molecule has 0 aliphatic carbocycles. The number of nitrogens with zero attached hydrogens (tertiary/aromatic N) is 2. The number of hydrogen-bond acceptors (Lipinski definition) is 3. The Morgan fingerprint density at radius 3 is 2.86 bits per heavy atom. The molecule has 0 unspecified atom stereocenters. The maximum Gasteiger partial charge on any atom is 0.256 e.